The van der Waals surface area contributed by atoms with E-state index in [2.05, 4.69) is 43.3 Å². The Hall–Kier alpha value is -0.900. The van der Waals surface area contributed by atoms with E-state index >= 15 is 0 Å². The van der Waals surface area contributed by atoms with Gasteiger partial charge in [-0.3, -0.25) is 0 Å². The number of hydrogen-bond acceptors (Lipinski definition) is 3. The molecule has 1 aromatic heterocycles. The second kappa shape index (κ2) is 5.39. The zero-order valence-corrected chi connectivity index (χ0v) is 12.1. The van der Waals surface area contributed by atoms with E-state index in [0.717, 1.165) is 30.6 Å². The topological polar surface area (TPSA) is 42.7 Å². The predicted octanol–water partition coefficient (Wildman–Crippen LogP) is 2.56. The summed E-state index contributed by atoms with van der Waals surface area (Å²) < 4.78 is 1.93. The van der Waals surface area contributed by atoms with E-state index in [9.17, 15) is 0 Å². The molecule has 0 saturated heterocycles. The quantitative estimate of drug-likeness (QED) is 0.893. The van der Waals surface area contributed by atoms with E-state index in [1.54, 1.807) is 0 Å². The van der Waals surface area contributed by atoms with E-state index in [1.807, 2.05) is 10.9 Å². The Morgan fingerprint density at radius 2 is 2.17 bits per heavy atom. The first-order valence-electron chi connectivity index (χ1n) is 7.09. The third-order valence-corrected chi connectivity index (χ3v) is 3.98. The summed E-state index contributed by atoms with van der Waals surface area (Å²) in [5.74, 6) is 1.73. The van der Waals surface area contributed by atoms with Gasteiger partial charge < -0.3 is 5.32 Å². The molecule has 2 unspecified atom stereocenters. The minimum absolute atomic E-state index is 0.0191. The van der Waals surface area contributed by atoms with Crippen LogP contribution in [0.2, 0.25) is 0 Å². The van der Waals surface area contributed by atoms with E-state index in [-0.39, 0.29) is 5.54 Å². The average Bonchev–Trinajstić information content (AvgIpc) is 2.88. The number of rotatable bonds is 4. The largest absolute Gasteiger partial charge is 0.311 e. The first-order valence-corrected chi connectivity index (χ1v) is 7.09. The maximum Gasteiger partial charge on any atom is 0.0965 e. The lowest BCUT2D eigenvalue weighted by Crippen LogP contribution is -2.24. The van der Waals surface area contributed by atoms with Crippen molar-refractivity contribution in [2.24, 2.45) is 11.8 Å². The van der Waals surface area contributed by atoms with E-state index in [1.165, 1.54) is 19.3 Å². The highest BCUT2D eigenvalue weighted by molar-refractivity contribution is 4.94. The lowest BCUT2D eigenvalue weighted by atomic mass is 9.98. The highest BCUT2D eigenvalue weighted by Crippen LogP contribution is 2.30. The van der Waals surface area contributed by atoms with Gasteiger partial charge in [0, 0.05) is 6.54 Å². The summed E-state index contributed by atoms with van der Waals surface area (Å²) in [5.41, 5.74) is 1.06. The van der Waals surface area contributed by atoms with Crippen LogP contribution in [0.4, 0.5) is 0 Å². The molecule has 1 aliphatic rings. The molecule has 0 bridgehead atoms. The maximum absolute atomic E-state index is 4.22. The van der Waals surface area contributed by atoms with E-state index in [0.29, 0.717) is 0 Å². The minimum Gasteiger partial charge on any atom is -0.311 e. The van der Waals surface area contributed by atoms with Crippen molar-refractivity contribution in [1.29, 1.82) is 0 Å². The van der Waals surface area contributed by atoms with Crippen LogP contribution in [0.3, 0.4) is 0 Å². The van der Waals surface area contributed by atoms with Gasteiger partial charge in [0.25, 0.3) is 0 Å². The maximum atomic E-state index is 4.22. The molecule has 4 heteroatoms. The third-order valence-electron chi connectivity index (χ3n) is 3.98. The van der Waals surface area contributed by atoms with E-state index < -0.39 is 0 Å². The van der Waals surface area contributed by atoms with Crippen LogP contribution in [0.5, 0.6) is 0 Å². The first kappa shape index (κ1) is 13.5. The SMILES string of the molecule is CC1CCCC1CNCc1cn(C(C)(C)C)nn1. The Balaban J connectivity index is 1.78. The fourth-order valence-electron chi connectivity index (χ4n) is 2.62. The lowest BCUT2D eigenvalue weighted by Gasteiger charge is -2.17. The molecule has 1 N–H and O–H groups in total. The van der Waals surface area contributed by atoms with Crippen LogP contribution in [-0.2, 0) is 12.1 Å². The summed E-state index contributed by atoms with van der Waals surface area (Å²) in [6.45, 7) is 10.7. The Labute approximate surface area is 110 Å². The van der Waals surface area contributed by atoms with Crippen molar-refractivity contribution >= 4 is 0 Å². The van der Waals surface area contributed by atoms with Crippen molar-refractivity contribution in [3.63, 3.8) is 0 Å². The van der Waals surface area contributed by atoms with Gasteiger partial charge in [-0.25, -0.2) is 4.68 Å². The van der Waals surface area contributed by atoms with Crippen LogP contribution in [0.25, 0.3) is 0 Å². The van der Waals surface area contributed by atoms with Gasteiger partial charge in [0.05, 0.1) is 17.4 Å². The molecule has 0 spiro atoms. The smallest absolute Gasteiger partial charge is 0.0965 e. The molecule has 0 amide bonds. The van der Waals surface area contributed by atoms with Gasteiger partial charge in [0.1, 0.15) is 0 Å². The van der Waals surface area contributed by atoms with Gasteiger partial charge in [-0.15, -0.1) is 5.10 Å². The normalized spacial score (nSPS) is 24.7. The van der Waals surface area contributed by atoms with Crippen molar-refractivity contribution in [3.8, 4) is 0 Å². The van der Waals surface area contributed by atoms with Crippen molar-refractivity contribution in [1.82, 2.24) is 20.3 Å². The third kappa shape index (κ3) is 3.31. The lowest BCUT2D eigenvalue weighted by molar-refractivity contribution is 0.346. The van der Waals surface area contributed by atoms with Crippen LogP contribution >= 0.6 is 0 Å². The molecule has 102 valence electrons. The molecule has 4 nitrogen and oxygen atoms in total. The zero-order valence-electron chi connectivity index (χ0n) is 12.1. The summed E-state index contributed by atoms with van der Waals surface area (Å²) in [4.78, 5) is 0. The molecule has 0 aliphatic heterocycles. The standard InChI is InChI=1S/C14H26N4/c1-11-6-5-7-12(11)8-15-9-13-10-18(17-16-13)14(2,3)4/h10-12,15H,5-9H2,1-4H3. The first-order chi connectivity index (χ1) is 8.47. The number of nitrogens with one attached hydrogen (secondary N) is 1. The van der Waals surface area contributed by atoms with Crippen LogP contribution < -0.4 is 5.32 Å². The fourth-order valence-corrected chi connectivity index (χ4v) is 2.62. The molecule has 0 aromatic carbocycles. The molecule has 18 heavy (non-hydrogen) atoms. The molecule has 1 fully saturated rings. The van der Waals surface area contributed by atoms with Gasteiger partial charge in [-0.1, -0.05) is 25.0 Å². The molecule has 1 heterocycles. The van der Waals surface area contributed by atoms with Crippen molar-refractivity contribution in [2.45, 2.75) is 59.0 Å². The van der Waals surface area contributed by atoms with Crippen LogP contribution in [-0.4, -0.2) is 21.5 Å². The van der Waals surface area contributed by atoms with Crippen LogP contribution in [0, 0.1) is 11.8 Å². The highest BCUT2D eigenvalue weighted by atomic mass is 15.4. The summed E-state index contributed by atoms with van der Waals surface area (Å²) in [6.07, 6.45) is 6.22. The van der Waals surface area contributed by atoms with Crippen molar-refractivity contribution in [3.05, 3.63) is 11.9 Å². The van der Waals surface area contributed by atoms with Crippen LogP contribution in [0.15, 0.2) is 6.20 Å². The monoisotopic (exact) mass is 250 g/mol. The Bertz CT molecular complexity index is 377. The molecule has 2 rings (SSSR count). The fraction of sp³-hybridized carbons (Fsp3) is 0.857. The number of nitrogens with zero attached hydrogens (tertiary/aromatic N) is 3. The van der Waals surface area contributed by atoms with Gasteiger partial charge in [-0.2, -0.15) is 0 Å². The molecule has 2 atom stereocenters. The van der Waals surface area contributed by atoms with Gasteiger partial charge in [0.15, 0.2) is 0 Å². The number of aromatic nitrogens is 3. The Morgan fingerprint density at radius 3 is 2.72 bits per heavy atom. The second-order valence-electron chi connectivity index (χ2n) is 6.62. The number of hydrogen-bond donors (Lipinski definition) is 1. The molecule has 0 radical (unpaired) electrons. The molecule has 1 aliphatic carbocycles. The second-order valence-corrected chi connectivity index (χ2v) is 6.62. The molecule has 1 saturated carbocycles. The molecular weight excluding hydrogens is 224 g/mol. The minimum atomic E-state index is 0.0191. The van der Waals surface area contributed by atoms with Crippen LogP contribution in [0.1, 0.15) is 52.7 Å². The summed E-state index contributed by atoms with van der Waals surface area (Å²) in [7, 11) is 0. The van der Waals surface area contributed by atoms with Crippen molar-refractivity contribution in [2.75, 3.05) is 6.54 Å². The average molecular weight is 250 g/mol. The zero-order chi connectivity index (χ0) is 13.2. The summed E-state index contributed by atoms with van der Waals surface area (Å²) in [6, 6.07) is 0. The molecular formula is C14H26N4. The van der Waals surface area contributed by atoms with E-state index in [4.69, 9.17) is 0 Å². The highest BCUT2D eigenvalue weighted by Gasteiger charge is 2.22. The van der Waals surface area contributed by atoms with Crippen molar-refractivity contribution < 1.29 is 0 Å². The summed E-state index contributed by atoms with van der Waals surface area (Å²) in [5, 5.41) is 11.9. The van der Waals surface area contributed by atoms with Gasteiger partial charge >= 0.3 is 0 Å². The predicted molar refractivity (Wildman–Crippen MR) is 73.2 cm³/mol. The van der Waals surface area contributed by atoms with Gasteiger partial charge in [-0.05, 0) is 45.6 Å². The Kier molecular flexibility index (Phi) is 4.05. The summed E-state index contributed by atoms with van der Waals surface area (Å²) >= 11 is 0. The molecule has 1 aromatic rings. The van der Waals surface area contributed by atoms with Gasteiger partial charge in [0.2, 0.25) is 0 Å². The Morgan fingerprint density at radius 1 is 1.39 bits per heavy atom.